The molecule has 29 heavy (non-hydrogen) atoms. The summed E-state index contributed by atoms with van der Waals surface area (Å²) in [7, 11) is 0. The zero-order chi connectivity index (χ0) is 20.0. The Balaban J connectivity index is 1.76. The van der Waals surface area contributed by atoms with Crippen LogP contribution in [-0.4, -0.2) is 14.2 Å². The minimum atomic E-state index is -0.324. The number of aryl methyl sites for hydroxylation is 1. The van der Waals surface area contributed by atoms with E-state index >= 15 is 0 Å². The number of aromatic nitrogens is 4. The Labute approximate surface area is 165 Å². The van der Waals surface area contributed by atoms with Gasteiger partial charge in [0.2, 0.25) is 0 Å². The van der Waals surface area contributed by atoms with Crippen molar-refractivity contribution in [2.24, 2.45) is 0 Å². The first-order valence-corrected chi connectivity index (χ1v) is 9.35. The van der Waals surface area contributed by atoms with Gasteiger partial charge < -0.3 is 0 Å². The summed E-state index contributed by atoms with van der Waals surface area (Å²) in [6.45, 7) is 2.28. The minimum absolute atomic E-state index is 0.257. The molecule has 0 atom stereocenters. The van der Waals surface area contributed by atoms with Crippen molar-refractivity contribution in [2.45, 2.75) is 13.5 Å². The van der Waals surface area contributed by atoms with Gasteiger partial charge in [0, 0.05) is 0 Å². The fourth-order valence-corrected chi connectivity index (χ4v) is 3.60. The average molecular weight is 385 g/mol. The summed E-state index contributed by atoms with van der Waals surface area (Å²) in [5, 5.41) is 5.41. The number of nitrogens with one attached hydrogen (secondary N) is 1. The smallest absolute Gasteiger partial charge is 0.273 e. The van der Waals surface area contributed by atoms with Crippen molar-refractivity contribution in [3.63, 3.8) is 0 Å². The van der Waals surface area contributed by atoms with Gasteiger partial charge in [0.25, 0.3) is 5.65 Å². The van der Waals surface area contributed by atoms with Gasteiger partial charge in [-0.05, 0) is 53.4 Å². The largest absolute Gasteiger partial charge is 0.423 e. The molecule has 0 saturated heterocycles. The molecule has 5 aromatic rings. The van der Waals surface area contributed by atoms with Gasteiger partial charge in [0.1, 0.15) is 5.82 Å². The molecule has 0 aliphatic rings. The first kappa shape index (κ1) is 17.3. The second-order valence-electron chi connectivity index (χ2n) is 7.12. The summed E-state index contributed by atoms with van der Waals surface area (Å²) in [4.78, 5) is 16.6. The Morgan fingerprint density at radius 3 is 2.59 bits per heavy atom. The summed E-state index contributed by atoms with van der Waals surface area (Å²) in [5.41, 5.74) is 3.89. The second-order valence-corrected chi connectivity index (χ2v) is 7.12. The molecule has 0 radical (unpaired) electrons. The number of fused-ring (bicyclic) bond motifs is 3. The van der Waals surface area contributed by atoms with Crippen molar-refractivity contribution in [1.82, 2.24) is 14.2 Å². The SMILES string of the molecule is Cc1ccc(-c2nn3c(=O)n(Cc4cccc(F)c4)c4ccccc4c3[nH+]2)cc1. The van der Waals surface area contributed by atoms with E-state index in [9.17, 15) is 9.18 Å². The van der Waals surface area contributed by atoms with Crippen LogP contribution in [0.3, 0.4) is 0 Å². The summed E-state index contributed by atoms with van der Waals surface area (Å²) >= 11 is 0. The monoisotopic (exact) mass is 385 g/mol. The maximum atomic E-state index is 13.6. The maximum Gasteiger partial charge on any atom is 0.423 e. The molecule has 0 aliphatic heterocycles. The van der Waals surface area contributed by atoms with Crippen LogP contribution in [0.15, 0.2) is 77.6 Å². The third kappa shape index (κ3) is 2.99. The Hall–Kier alpha value is -3.80. The number of benzene rings is 3. The van der Waals surface area contributed by atoms with Crippen molar-refractivity contribution >= 4 is 16.6 Å². The van der Waals surface area contributed by atoms with E-state index in [0.29, 0.717) is 17.0 Å². The first-order chi connectivity index (χ1) is 14.1. The first-order valence-electron chi connectivity index (χ1n) is 9.35. The van der Waals surface area contributed by atoms with Gasteiger partial charge in [0.15, 0.2) is 0 Å². The standard InChI is InChI=1S/C23H17FN4O/c1-15-9-11-17(12-10-15)21-25-22-19-7-2-3-8-20(19)27(23(29)28(22)26-21)14-16-5-4-6-18(24)13-16/h2-13H,14H2,1H3/p+1. The number of para-hydroxylation sites is 1. The molecule has 1 N–H and O–H groups in total. The number of hydrogen-bond acceptors (Lipinski definition) is 2. The zero-order valence-corrected chi connectivity index (χ0v) is 15.8. The molecule has 5 nitrogen and oxygen atoms in total. The Kier molecular flexibility index (Phi) is 3.98. The minimum Gasteiger partial charge on any atom is -0.273 e. The molecule has 0 unspecified atom stereocenters. The predicted octanol–water partition coefficient (Wildman–Crippen LogP) is 3.63. The number of hydrogen-bond donors (Lipinski definition) is 0. The molecule has 0 bridgehead atoms. The lowest BCUT2D eigenvalue weighted by atomic mass is 10.1. The fraction of sp³-hybridized carbons (Fsp3) is 0.0870. The number of halogens is 1. The molecule has 5 rings (SSSR count). The Bertz CT molecular complexity index is 1420. The van der Waals surface area contributed by atoms with Crippen LogP contribution in [0.25, 0.3) is 27.9 Å². The molecular formula is C23H18FN4O+. The van der Waals surface area contributed by atoms with Gasteiger partial charge in [-0.1, -0.05) is 42.0 Å². The van der Waals surface area contributed by atoms with E-state index in [4.69, 9.17) is 0 Å². The van der Waals surface area contributed by atoms with Gasteiger partial charge in [-0.2, -0.15) is 0 Å². The van der Waals surface area contributed by atoms with Gasteiger partial charge in [-0.25, -0.2) is 14.2 Å². The third-order valence-electron chi connectivity index (χ3n) is 5.07. The molecule has 0 fully saturated rings. The van der Waals surface area contributed by atoms with Gasteiger partial charge in [0.05, 0.1) is 28.1 Å². The van der Waals surface area contributed by atoms with E-state index in [1.54, 1.807) is 16.7 Å². The van der Waals surface area contributed by atoms with Gasteiger partial charge in [-0.3, -0.25) is 4.57 Å². The quantitative estimate of drug-likeness (QED) is 0.476. The zero-order valence-electron chi connectivity index (χ0n) is 15.8. The fourth-order valence-electron chi connectivity index (χ4n) is 3.60. The van der Waals surface area contributed by atoms with E-state index in [-0.39, 0.29) is 18.1 Å². The highest BCUT2D eigenvalue weighted by atomic mass is 19.1. The molecule has 6 heteroatoms. The molecule has 142 valence electrons. The highest BCUT2D eigenvalue weighted by Gasteiger charge is 2.22. The molecule has 0 saturated carbocycles. The molecule has 2 heterocycles. The average Bonchev–Trinajstić information content (AvgIpc) is 3.18. The van der Waals surface area contributed by atoms with Crippen LogP contribution in [0.4, 0.5) is 4.39 Å². The molecule has 0 aliphatic carbocycles. The normalized spacial score (nSPS) is 11.4. The van der Waals surface area contributed by atoms with Crippen LogP contribution in [0.2, 0.25) is 0 Å². The summed E-state index contributed by atoms with van der Waals surface area (Å²) in [5.74, 6) is 0.297. The van der Waals surface area contributed by atoms with Crippen LogP contribution >= 0.6 is 0 Å². The molecule has 2 aromatic heterocycles. The van der Waals surface area contributed by atoms with Crippen molar-refractivity contribution in [3.8, 4) is 11.4 Å². The van der Waals surface area contributed by atoms with E-state index in [1.807, 2.05) is 55.5 Å². The lowest BCUT2D eigenvalue weighted by molar-refractivity contribution is -0.331. The highest BCUT2D eigenvalue weighted by molar-refractivity contribution is 5.90. The van der Waals surface area contributed by atoms with E-state index in [2.05, 4.69) is 10.1 Å². The van der Waals surface area contributed by atoms with Crippen molar-refractivity contribution in [1.29, 1.82) is 0 Å². The van der Waals surface area contributed by atoms with Crippen molar-refractivity contribution in [2.75, 3.05) is 0 Å². The lowest BCUT2D eigenvalue weighted by Crippen LogP contribution is -2.29. The van der Waals surface area contributed by atoms with Crippen LogP contribution in [0, 0.1) is 12.7 Å². The van der Waals surface area contributed by atoms with Crippen molar-refractivity contribution < 1.29 is 9.37 Å². The second kappa shape index (κ2) is 6.67. The van der Waals surface area contributed by atoms with E-state index < -0.39 is 0 Å². The van der Waals surface area contributed by atoms with Gasteiger partial charge >= 0.3 is 11.5 Å². The predicted molar refractivity (Wildman–Crippen MR) is 109 cm³/mol. The summed E-state index contributed by atoms with van der Waals surface area (Å²) < 4.78 is 16.7. The van der Waals surface area contributed by atoms with E-state index in [1.165, 1.54) is 16.6 Å². The summed E-state index contributed by atoms with van der Waals surface area (Å²) in [6.07, 6.45) is 0. The number of H-pyrrole nitrogens is 1. The van der Waals surface area contributed by atoms with Crippen LogP contribution in [0.1, 0.15) is 11.1 Å². The molecule has 0 spiro atoms. The topological polar surface area (TPSA) is 53.4 Å². The molecule has 3 aromatic carbocycles. The van der Waals surface area contributed by atoms with Crippen LogP contribution in [0.5, 0.6) is 0 Å². The van der Waals surface area contributed by atoms with E-state index in [0.717, 1.165) is 22.0 Å². The number of aromatic amines is 1. The Morgan fingerprint density at radius 1 is 1.00 bits per heavy atom. The number of nitrogens with zero attached hydrogens (tertiary/aromatic N) is 3. The number of rotatable bonds is 3. The van der Waals surface area contributed by atoms with Crippen LogP contribution in [-0.2, 0) is 6.54 Å². The molecule has 0 amide bonds. The Morgan fingerprint density at radius 2 is 1.79 bits per heavy atom. The maximum absolute atomic E-state index is 13.6. The third-order valence-corrected chi connectivity index (χ3v) is 5.07. The molecular weight excluding hydrogens is 367 g/mol. The van der Waals surface area contributed by atoms with Crippen LogP contribution < -0.4 is 10.7 Å². The highest BCUT2D eigenvalue weighted by Crippen LogP contribution is 2.19. The van der Waals surface area contributed by atoms with Gasteiger partial charge in [-0.15, -0.1) is 0 Å². The summed E-state index contributed by atoms with van der Waals surface area (Å²) in [6, 6.07) is 21.9. The van der Waals surface area contributed by atoms with Crippen molar-refractivity contribution in [3.05, 3.63) is 100 Å². The lowest BCUT2D eigenvalue weighted by Gasteiger charge is -2.08.